The van der Waals surface area contributed by atoms with Crippen molar-refractivity contribution in [3.63, 3.8) is 0 Å². The number of quaternary nitrogens is 1. The highest BCUT2D eigenvalue weighted by atomic mass is 31.2. The molecule has 1 N–H and O–H groups in total. The molecule has 0 saturated heterocycles. The minimum atomic E-state index is -3.39. The summed E-state index contributed by atoms with van der Waals surface area (Å²) in [5.41, 5.74) is 0. The molecule has 0 radical (unpaired) electrons. The van der Waals surface area contributed by atoms with E-state index in [9.17, 15) is 9.46 Å². The van der Waals surface area contributed by atoms with Crippen LogP contribution in [0.25, 0.3) is 0 Å². The second-order valence-corrected chi connectivity index (χ2v) is 11.1. The Hall–Kier alpha value is -0.150. The van der Waals surface area contributed by atoms with Gasteiger partial charge in [-0.05, 0) is 32.1 Å². The van der Waals surface area contributed by atoms with Crippen molar-refractivity contribution in [3.8, 4) is 0 Å². The molecule has 5 heteroatoms. The first kappa shape index (κ1) is 27.8. The Morgan fingerprint density at radius 3 is 1.75 bits per heavy atom. The number of nitrogens with zero attached hydrogens (tertiary/aromatic N) is 1. The molecule has 0 bridgehead atoms. The van der Waals surface area contributed by atoms with Crippen molar-refractivity contribution in [3.05, 3.63) is 12.2 Å². The highest BCUT2D eigenvalue weighted by Gasteiger charge is 2.20. The molecule has 4 nitrogen and oxygen atoms in total. The van der Waals surface area contributed by atoms with Gasteiger partial charge < -0.3 is 13.9 Å². The summed E-state index contributed by atoms with van der Waals surface area (Å²) in [6.07, 6.45) is 22.4. The summed E-state index contributed by atoms with van der Waals surface area (Å²) in [5.74, 6) is 0. The minimum absolute atomic E-state index is 0.297. The number of rotatable bonds is 20. The maximum atomic E-state index is 12.0. The van der Waals surface area contributed by atoms with Gasteiger partial charge in [0.2, 0.25) is 0 Å². The van der Waals surface area contributed by atoms with Crippen LogP contribution in [0.2, 0.25) is 0 Å². The van der Waals surface area contributed by atoms with E-state index in [1.54, 1.807) is 0 Å². The van der Waals surface area contributed by atoms with Crippen molar-refractivity contribution < 1.29 is 18.5 Å². The monoisotopic (exact) mass is 418 g/mol. The lowest BCUT2D eigenvalue weighted by atomic mass is 10.1. The van der Waals surface area contributed by atoms with Gasteiger partial charge in [-0.3, -0.25) is 4.57 Å². The van der Waals surface area contributed by atoms with Gasteiger partial charge in [-0.15, -0.1) is 0 Å². The third-order valence-corrected chi connectivity index (χ3v) is 6.48. The van der Waals surface area contributed by atoms with Crippen LogP contribution in [0, 0.1) is 0 Å². The molecule has 0 amide bonds. The highest BCUT2D eigenvalue weighted by Crippen LogP contribution is 2.42. The summed E-state index contributed by atoms with van der Waals surface area (Å²) >= 11 is 0. The van der Waals surface area contributed by atoms with E-state index in [2.05, 4.69) is 40.2 Å². The molecule has 1 atom stereocenters. The molecule has 1 unspecified atom stereocenters. The molecule has 0 aromatic rings. The molecule has 0 fully saturated rings. The molecule has 0 aliphatic heterocycles. The average Bonchev–Trinajstić information content (AvgIpc) is 2.60. The summed E-state index contributed by atoms with van der Waals surface area (Å²) in [5, 5.41) is 0. The molecule has 0 rings (SSSR count). The van der Waals surface area contributed by atoms with Crippen molar-refractivity contribution in [1.82, 2.24) is 0 Å². The van der Waals surface area contributed by atoms with Gasteiger partial charge in [0.25, 0.3) is 0 Å². The first-order chi connectivity index (χ1) is 13.3. The Labute approximate surface area is 175 Å². The van der Waals surface area contributed by atoms with Crippen LogP contribution < -0.4 is 0 Å². The number of unbranched alkanes of at least 4 members (excludes halogenated alkanes) is 12. The number of hydrogen-bond acceptors (Lipinski definition) is 2. The fraction of sp³-hybridized carbons (Fsp3) is 0.913. The first-order valence-corrected chi connectivity index (χ1v) is 13.4. The summed E-state index contributed by atoms with van der Waals surface area (Å²) in [6, 6.07) is 0. The van der Waals surface area contributed by atoms with Crippen molar-refractivity contribution in [2.75, 3.05) is 40.5 Å². The summed E-state index contributed by atoms with van der Waals surface area (Å²) in [7, 11) is 2.77. The Morgan fingerprint density at radius 2 is 1.25 bits per heavy atom. The van der Waals surface area contributed by atoms with Crippen molar-refractivity contribution in [1.29, 1.82) is 0 Å². The molecule has 168 valence electrons. The van der Waals surface area contributed by atoms with Crippen LogP contribution >= 0.6 is 7.60 Å². The van der Waals surface area contributed by atoms with Crippen LogP contribution in [0.4, 0.5) is 0 Å². The number of hydrogen-bond donors (Lipinski definition) is 1. The predicted molar refractivity (Wildman–Crippen MR) is 123 cm³/mol. The van der Waals surface area contributed by atoms with Gasteiger partial charge in [0.15, 0.2) is 0 Å². The highest BCUT2D eigenvalue weighted by molar-refractivity contribution is 7.52. The third-order valence-electron chi connectivity index (χ3n) is 5.01. The Morgan fingerprint density at radius 1 is 0.786 bits per heavy atom. The molecule has 0 aromatic carbocycles. The normalized spacial score (nSPS) is 14.6. The van der Waals surface area contributed by atoms with Gasteiger partial charge in [-0.25, -0.2) is 0 Å². The fourth-order valence-corrected chi connectivity index (χ4v) is 4.20. The average molecular weight is 419 g/mol. The molecule has 0 aromatic heterocycles. The Kier molecular flexibility index (Phi) is 17.6. The second kappa shape index (κ2) is 17.7. The quantitative estimate of drug-likeness (QED) is 0.101. The van der Waals surface area contributed by atoms with Gasteiger partial charge >= 0.3 is 7.60 Å². The van der Waals surface area contributed by atoms with E-state index in [-0.39, 0.29) is 0 Å². The van der Waals surface area contributed by atoms with Crippen LogP contribution in [0.1, 0.15) is 96.8 Å². The van der Waals surface area contributed by atoms with Crippen LogP contribution in [-0.4, -0.2) is 49.8 Å². The molecule has 0 saturated carbocycles. The summed E-state index contributed by atoms with van der Waals surface area (Å²) < 4.78 is 17.9. The Bertz CT molecular complexity index is 419. The van der Waals surface area contributed by atoms with E-state index in [1.807, 2.05) is 0 Å². The van der Waals surface area contributed by atoms with E-state index >= 15 is 0 Å². The van der Waals surface area contributed by atoms with Gasteiger partial charge in [-0.1, -0.05) is 76.9 Å². The molecule has 0 spiro atoms. The zero-order valence-corrected chi connectivity index (χ0v) is 20.2. The molecular formula is C23H49NO3P+. The SMILES string of the molecule is CCCCCCCC/C=C/CCCCCCCCP(=O)(O)OCC[N+](C)(C)C. The number of likely N-dealkylation sites (N-methyl/N-ethyl adjacent to an activating group) is 1. The van der Waals surface area contributed by atoms with Crippen LogP contribution in [0.3, 0.4) is 0 Å². The molecule has 0 heterocycles. The first-order valence-electron chi connectivity index (χ1n) is 11.7. The maximum absolute atomic E-state index is 12.0. The van der Waals surface area contributed by atoms with E-state index < -0.39 is 7.60 Å². The maximum Gasteiger partial charge on any atom is 0.328 e. The van der Waals surface area contributed by atoms with Gasteiger partial charge in [0, 0.05) is 6.16 Å². The molecule has 0 aliphatic rings. The van der Waals surface area contributed by atoms with Crippen LogP contribution in [-0.2, 0) is 9.09 Å². The predicted octanol–water partition coefficient (Wildman–Crippen LogP) is 6.93. The van der Waals surface area contributed by atoms with E-state index in [1.165, 1.54) is 70.6 Å². The largest absolute Gasteiger partial charge is 0.329 e. The van der Waals surface area contributed by atoms with Crippen molar-refractivity contribution in [2.24, 2.45) is 0 Å². The fourth-order valence-electron chi connectivity index (χ4n) is 3.08. The van der Waals surface area contributed by atoms with Crippen molar-refractivity contribution >= 4 is 7.60 Å². The lowest BCUT2D eigenvalue weighted by molar-refractivity contribution is -0.870. The molecule has 0 aliphatic carbocycles. The topological polar surface area (TPSA) is 46.5 Å². The van der Waals surface area contributed by atoms with Gasteiger partial charge in [0.05, 0.1) is 21.1 Å². The standard InChI is InChI=1S/C23H48NO3P/c1-5-6-7-8-9-10-11-12-13-14-15-16-17-18-19-20-23-28(25,26)27-22-21-24(2,3)4/h12-13H,5-11,14-23H2,1-4H3/p+1/b13-12+. The van der Waals surface area contributed by atoms with E-state index in [0.717, 1.165) is 30.3 Å². The minimum Gasteiger partial charge on any atom is -0.329 e. The van der Waals surface area contributed by atoms with Gasteiger partial charge in [-0.2, -0.15) is 0 Å². The summed E-state index contributed by atoms with van der Waals surface area (Å²) in [4.78, 5) is 9.85. The van der Waals surface area contributed by atoms with Gasteiger partial charge in [0.1, 0.15) is 13.2 Å². The molecular weight excluding hydrogens is 369 g/mol. The molecule has 28 heavy (non-hydrogen) atoms. The number of allylic oxidation sites excluding steroid dienone is 2. The zero-order chi connectivity index (χ0) is 21.1. The van der Waals surface area contributed by atoms with E-state index in [4.69, 9.17) is 4.52 Å². The third kappa shape index (κ3) is 22.1. The lowest BCUT2D eigenvalue weighted by Gasteiger charge is -2.24. The lowest BCUT2D eigenvalue weighted by Crippen LogP contribution is -2.37. The second-order valence-electron chi connectivity index (χ2n) is 9.15. The van der Waals surface area contributed by atoms with Crippen LogP contribution in [0.5, 0.6) is 0 Å². The van der Waals surface area contributed by atoms with Crippen molar-refractivity contribution in [2.45, 2.75) is 96.8 Å². The van der Waals surface area contributed by atoms with Crippen LogP contribution in [0.15, 0.2) is 12.2 Å². The zero-order valence-electron chi connectivity index (χ0n) is 19.3. The smallest absolute Gasteiger partial charge is 0.328 e. The van der Waals surface area contributed by atoms with E-state index in [0.29, 0.717) is 12.8 Å². The Balaban J connectivity index is 3.38. The summed E-state index contributed by atoms with van der Waals surface area (Å²) in [6.45, 7) is 3.36.